The first kappa shape index (κ1) is 16.2. The topological polar surface area (TPSA) is 20.3 Å². The monoisotopic (exact) mass is 281 g/mol. The highest BCUT2D eigenvalue weighted by molar-refractivity contribution is 6.00. The maximum Gasteiger partial charge on any atom is 0.179 e. The summed E-state index contributed by atoms with van der Waals surface area (Å²) in [5, 5.41) is 0. The van der Waals surface area contributed by atoms with E-state index in [-0.39, 0.29) is 18.4 Å². The third-order valence-electron chi connectivity index (χ3n) is 3.78. The van der Waals surface area contributed by atoms with Gasteiger partial charge in [-0.1, -0.05) is 43.2 Å². The second kappa shape index (κ2) is 7.66. The molecule has 0 aromatic heterocycles. The van der Waals surface area contributed by atoms with E-state index < -0.39 is 0 Å². The molecule has 3 heteroatoms. The lowest BCUT2D eigenvalue weighted by Gasteiger charge is -2.26. The molecule has 1 atom stereocenters. The highest BCUT2D eigenvalue weighted by atomic mass is 35.5. The Morgan fingerprint density at radius 1 is 1.21 bits per heavy atom. The van der Waals surface area contributed by atoms with Gasteiger partial charge in [-0.05, 0) is 39.3 Å². The highest BCUT2D eigenvalue weighted by Gasteiger charge is 2.27. The number of benzene rings is 1. The zero-order valence-electron chi connectivity index (χ0n) is 11.9. The van der Waals surface area contributed by atoms with Crippen LogP contribution in [-0.4, -0.2) is 29.8 Å². The first-order chi connectivity index (χ1) is 8.72. The number of likely N-dealkylation sites (tertiary alicyclic amines) is 1. The van der Waals surface area contributed by atoms with Crippen molar-refractivity contribution in [2.45, 2.75) is 45.6 Å². The standard InChI is InChI=1S/C16H23NO.ClH/c1-3-6-15(17-11-4-5-12-17)16(18)14-9-7-13(2)8-10-14;/h7-10,15H,3-6,11-12H2,1-2H3;1H/t15-;/m0./s1. The van der Waals surface area contributed by atoms with Crippen LogP contribution < -0.4 is 0 Å². The van der Waals surface area contributed by atoms with Gasteiger partial charge in [-0.25, -0.2) is 0 Å². The molecule has 1 aromatic carbocycles. The molecule has 2 nitrogen and oxygen atoms in total. The van der Waals surface area contributed by atoms with Crippen molar-refractivity contribution in [1.29, 1.82) is 0 Å². The lowest BCUT2D eigenvalue weighted by atomic mass is 9.98. The summed E-state index contributed by atoms with van der Waals surface area (Å²) in [6.45, 7) is 6.38. The fraction of sp³-hybridized carbons (Fsp3) is 0.562. The second-order valence-electron chi connectivity index (χ2n) is 5.28. The van der Waals surface area contributed by atoms with Crippen LogP contribution in [0.5, 0.6) is 0 Å². The predicted octanol–water partition coefficient (Wildman–Crippen LogP) is 3.86. The first-order valence-electron chi connectivity index (χ1n) is 7.07. The van der Waals surface area contributed by atoms with Crippen LogP contribution in [0.25, 0.3) is 0 Å². The van der Waals surface area contributed by atoms with Gasteiger partial charge in [0.25, 0.3) is 0 Å². The number of carbonyl (C=O) groups is 1. The van der Waals surface area contributed by atoms with Gasteiger partial charge in [0.05, 0.1) is 6.04 Å². The van der Waals surface area contributed by atoms with Crippen molar-refractivity contribution in [2.75, 3.05) is 13.1 Å². The minimum Gasteiger partial charge on any atom is -0.293 e. The van der Waals surface area contributed by atoms with E-state index in [2.05, 4.69) is 18.7 Å². The summed E-state index contributed by atoms with van der Waals surface area (Å²) in [5.74, 6) is 0.304. The van der Waals surface area contributed by atoms with E-state index in [4.69, 9.17) is 0 Å². The second-order valence-corrected chi connectivity index (χ2v) is 5.28. The number of hydrogen-bond donors (Lipinski definition) is 0. The molecule has 1 aliphatic heterocycles. The van der Waals surface area contributed by atoms with Gasteiger partial charge in [0, 0.05) is 5.56 Å². The van der Waals surface area contributed by atoms with Crippen molar-refractivity contribution < 1.29 is 4.79 Å². The molecule has 0 aliphatic carbocycles. The van der Waals surface area contributed by atoms with Crippen molar-refractivity contribution in [1.82, 2.24) is 4.90 Å². The third-order valence-corrected chi connectivity index (χ3v) is 3.78. The maximum absolute atomic E-state index is 12.6. The maximum atomic E-state index is 12.6. The zero-order valence-corrected chi connectivity index (χ0v) is 12.7. The van der Waals surface area contributed by atoms with E-state index in [1.165, 1.54) is 18.4 Å². The van der Waals surface area contributed by atoms with Crippen molar-refractivity contribution in [3.05, 3.63) is 35.4 Å². The predicted molar refractivity (Wildman–Crippen MR) is 82.3 cm³/mol. The molecule has 1 aliphatic rings. The molecule has 0 amide bonds. The van der Waals surface area contributed by atoms with E-state index in [0.717, 1.165) is 31.5 Å². The Labute approximate surface area is 122 Å². The van der Waals surface area contributed by atoms with E-state index in [1.54, 1.807) is 0 Å². The molecule has 106 valence electrons. The molecule has 0 saturated carbocycles. The molecule has 0 bridgehead atoms. The summed E-state index contributed by atoms with van der Waals surface area (Å²) in [6, 6.07) is 8.09. The summed E-state index contributed by atoms with van der Waals surface area (Å²) in [5.41, 5.74) is 2.07. The average Bonchev–Trinajstić information content (AvgIpc) is 2.90. The molecule has 0 unspecified atom stereocenters. The van der Waals surface area contributed by atoms with Crippen LogP contribution in [0.3, 0.4) is 0 Å². The van der Waals surface area contributed by atoms with Crippen LogP contribution in [0.2, 0.25) is 0 Å². The van der Waals surface area contributed by atoms with Gasteiger partial charge in [0.2, 0.25) is 0 Å². The Kier molecular flexibility index (Phi) is 6.53. The minimum absolute atomic E-state index is 0. The van der Waals surface area contributed by atoms with Crippen LogP contribution in [0.1, 0.15) is 48.5 Å². The van der Waals surface area contributed by atoms with Gasteiger partial charge in [0.1, 0.15) is 0 Å². The fourth-order valence-electron chi connectivity index (χ4n) is 2.72. The summed E-state index contributed by atoms with van der Waals surface area (Å²) in [7, 11) is 0. The van der Waals surface area contributed by atoms with Crippen molar-refractivity contribution in [2.24, 2.45) is 0 Å². The molecule has 2 rings (SSSR count). The largest absolute Gasteiger partial charge is 0.293 e. The Hall–Kier alpha value is -0.860. The Balaban J connectivity index is 0.00000180. The smallest absolute Gasteiger partial charge is 0.179 e. The molecule has 1 saturated heterocycles. The summed E-state index contributed by atoms with van der Waals surface area (Å²) < 4.78 is 0. The third kappa shape index (κ3) is 4.05. The van der Waals surface area contributed by atoms with Gasteiger partial charge in [-0.2, -0.15) is 0 Å². The number of ketones is 1. The van der Waals surface area contributed by atoms with Gasteiger partial charge in [-0.3, -0.25) is 9.69 Å². The normalized spacial score (nSPS) is 16.9. The minimum atomic E-state index is 0. The van der Waals surface area contributed by atoms with E-state index >= 15 is 0 Å². The van der Waals surface area contributed by atoms with E-state index in [1.807, 2.05) is 24.3 Å². The number of Topliss-reactive ketones (excluding diaryl/α,β-unsaturated/α-hetero) is 1. The lowest BCUT2D eigenvalue weighted by Crippen LogP contribution is -2.39. The van der Waals surface area contributed by atoms with Gasteiger partial charge < -0.3 is 0 Å². The number of aryl methyl sites for hydroxylation is 1. The van der Waals surface area contributed by atoms with Gasteiger partial charge in [0.15, 0.2) is 5.78 Å². The molecule has 1 heterocycles. The Morgan fingerprint density at radius 3 is 2.32 bits per heavy atom. The van der Waals surface area contributed by atoms with E-state index in [0.29, 0.717) is 5.78 Å². The molecule has 0 N–H and O–H groups in total. The highest BCUT2D eigenvalue weighted by Crippen LogP contribution is 2.19. The Bertz CT molecular complexity index is 396. The zero-order chi connectivity index (χ0) is 13.0. The number of nitrogens with zero attached hydrogens (tertiary/aromatic N) is 1. The molecule has 0 radical (unpaired) electrons. The molecule has 1 aromatic rings. The molecule has 0 spiro atoms. The van der Waals surface area contributed by atoms with Gasteiger partial charge in [-0.15, -0.1) is 12.4 Å². The van der Waals surface area contributed by atoms with Crippen LogP contribution in [0, 0.1) is 6.92 Å². The molecular formula is C16H24ClNO. The SMILES string of the molecule is CCC[C@@H](C(=O)c1ccc(C)cc1)N1CCCC1.Cl. The van der Waals surface area contributed by atoms with Crippen LogP contribution >= 0.6 is 12.4 Å². The van der Waals surface area contributed by atoms with Gasteiger partial charge >= 0.3 is 0 Å². The van der Waals surface area contributed by atoms with Crippen molar-refractivity contribution >= 4 is 18.2 Å². The average molecular weight is 282 g/mol. The number of halogens is 1. The quantitative estimate of drug-likeness (QED) is 0.764. The first-order valence-corrected chi connectivity index (χ1v) is 7.07. The van der Waals surface area contributed by atoms with Crippen LogP contribution in [0.15, 0.2) is 24.3 Å². The summed E-state index contributed by atoms with van der Waals surface area (Å²) in [4.78, 5) is 15.0. The summed E-state index contributed by atoms with van der Waals surface area (Å²) >= 11 is 0. The number of carbonyl (C=O) groups excluding carboxylic acids is 1. The summed E-state index contributed by atoms with van der Waals surface area (Å²) in [6.07, 6.45) is 4.52. The number of hydrogen-bond acceptors (Lipinski definition) is 2. The van der Waals surface area contributed by atoms with E-state index in [9.17, 15) is 4.79 Å². The van der Waals surface area contributed by atoms with Crippen LogP contribution in [-0.2, 0) is 0 Å². The van der Waals surface area contributed by atoms with Crippen molar-refractivity contribution in [3.63, 3.8) is 0 Å². The lowest BCUT2D eigenvalue weighted by molar-refractivity contribution is 0.0837. The number of rotatable bonds is 5. The molecule has 1 fully saturated rings. The molecular weight excluding hydrogens is 258 g/mol. The molecule has 19 heavy (non-hydrogen) atoms. The fourth-order valence-corrected chi connectivity index (χ4v) is 2.72. The van der Waals surface area contributed by atoms with Crippen LogP contribution in [0.4, 0.5) is 0 Å². The Morgan fingerprint density at radius 2 is 1.79 bits per heavy atom. The van der Waals surface area contributed by atoms with Crippen molar-refractivity contribution in [3.8, 4) is 0 Å².